The molecule has 0 fully saturated rings. The van der Waals surface area contributed by atoms with E-state index >= 15 is 0 Å². The van der Waals surface area contributed by atoms with Gasteiger partial charge in [-0.2, -0.15) is 0 Å². The van der Waals surface area contributed by atoms with Gasteiger partial charge in [-0.1, -0.05) is 24.0 Å². The summed E-state index contributed by atoms with van der Waals surface area (Å²) in [7, 11) is 0. The number of hydrogen-bond donors (Lipinski definition) is 0. The van der Waals surface area contributed by atoms with E-state index in [0.717, 1.165) is 22.8 Å². The maximum absolute atomic E-state index is 11.1. The highest BCUT2D eigenvalue weighted by Gasteiger charge is 2.06. The molecule has 0 atom stereocenters. The van der Waals surface area contributed by atoms with Crippen molar-refractivity contribution in [1.82, 2.24) is 4.57 Å². The van der Waals surface area contributed by atoms with Crippen LogP contribution in [0.15, 0.2) is 30.5 Å². The van der Waals surface area contributed by atoms with Crippen molar-refractivity contribution in [2.24, 2.45) is 5.41 Å². The molecule has 0 aliphatic heterocycles. The lowest BCUT2D eigenvalue weighted by Gasteiger charge is -2.07. The van der Waals surface area contributed by atoms with Crippen LogP contribution in [0, 0.1) is 17.3 Å². The topological polar surface area (TPSA) is 22.0 Å². The van der Waals surface area contributed by atoms with Gasteiger partial charge in [0, 0.05) is 22.6 Å². The lowest BCUT2D eigenvalue weighted by atomic mass is 9.98. The second-order valence-electron chi connectivity index (χ2n) is 5.40. The molecule has 2 rings (SSSR count). The smallest absolute Gasteiger partial charge is 0.152 e. The molecule has 0 N–H and O–H groups in total. The van der Waals surface area contributed by atoms with Gasteiger partial charge in [-0.05, 0) is 32.9 Å². The molecular formula is C16H17NO. The standard InChI is InChI=1S/C16H17NO/c1-16(2,3)9-5-10-17-11-8-13-6-4-7-14(12-18)15(13)17/h4,6-8,11-12H,10H2,1-3H3. The number of benzene rings is 1. The first-order chi connectivity index (χ1) is 8.51. The third-order valence-electron chi connectivity index (χ3n) is 2.66. The molecule has 0 amide bonds. The van der Waals surface area contributed by atoms with Gasteiger partial charge in [0.1, 0.15) is 0 Å². The van der Waals surface area contributed by atoms with E-state index in [9.17, 15) is 4.79 Å². The van der Waals surface area contributed by atoms with E-state index in [2.05, 4.69) is 32.6 Å². The van der Waals surface area contributed by atoms with E-state index in [1.54, 1.807) is 0 Å². The number of fused-ring (bicyclic) bond motifs is 1. The van der Waals surface area contributed by atoms with Crippen molar-refractivity contribution in [3.63, 3.8) is 0 Å². The maximum Gasteiger partial charge on any atom is 0.152 e. The highest BCUT2D eigenvalue weighted by Crippen LogP contribution is 2.19. The predicted molar refractivity (Wildman–Crippen MR) is 74.6 cm³/mol. The second kappa shape index (κ2) is 4.70. The van der Waals surface area contributed by atoms with E-state index in [-0.39, 0.29) is 5.41 Å². The van der Waals surface area contributed by atoms with Crippen LogP contribution in [0.4, 0.5) is 0 Å². The first kappa shape index (κ1) is 12.4. The summed E-state index contributed by atoms with van der Waals surface area (Å²) in [6.07, 6.45) is 2.88. The molecule has 1 aromatic carbocycles. The van der Waals surface area contributed by atoms with Crippen molar-refractivity contribution < 1.29 is 4.79 Å². The Morgan fingerprint density at radius 1 is 1.28 bits per heavy atom. The number of rotatable bonds is 2. The zero-order valence-electron chi connectivity index (χ0n) is 11.0. The highest BCUT2D eigenvalue weighted by molar-refractivity contribution is 5.96. The Morgan fingerprint density at radius 2 is 2.06 bits per heavy atom. The molecule has 18 heavy (non-hydrogen) atoms. The van der Waals surface area contributed by atoms with Crippen molar-refractivity contribution in [2.45, 2.75) is 27.3 Å². The summed E-state index contributed by atoms with van der Waals surface area (Å²) in [6, 6.07) is 7.76. The predicted octanol–water partition coefficient (Wildman–Crippen LogP) is 3.50. The molecular weight excluding hydrogens is 222 g/mol. The molecule has 1 heterocycles. The average Bonchev–Trinajstić information content (AvgIpc) is 2.71. The Labute approximate surface area is 108 Å². The van der Waals surface area contributed by atoms with Crippen LogP contribution in [0.2, 0.25) is 0 Å². The molecule has 2 nitrogen and oxygen atoms in total. The zero-order chi connectivity index (χ0) is 13.2. The van der Waals surface area contributed by atoms with Crippen LogP contribution in [0.5, 0.6) is 0 Å². The normalized spacial score (nSPS) is 11.1. The SMILES string of the molecule is CC(C)(C)C#CCn1ccc2cccc(C=O)c21. The lowest BCUT2D eigenvalue weighted by Crippen LogP contribution is -2.01. The van der Waals surface area contributed by atoms with Crippen LogP contribution in [-0.4, -0.2) is 10.9 Å². The number of hydrogen-bond acceptors (Lipinski definition) is 1. The second-order valence-corrected chi connectivity index (χ2v) is 5.40. The van der Waals surface area contributed by atoms with Gasteiger partial charge in [0.05, 0.1) is 12.1 Å². The number of carbonyl (C=O) groups is 1. The van der Waals surface area contributed by atoms with E-state index in [4.69, 9.17) is 0 Å². The summed E-state index contributed by atoms with van der Waals surface area (Å²) in [5.74, 6) is 6.37. The van der Waals surface area contributed by atoms with Crippen LogP contribution in [0.3, 0.4) is 0 Å². The molecule has 0 spiro atoms. The van der Waals surface area contributed by atoms with Crippen LogP contribution in [-0.2, 0) is 6.54 Å². The van der Waals surface area contributed by atoms with Gasteiger partial charge in [0.25, 0.3) is 0 Å². The monoisotopic (exact) mass is 239 g/mol. The molecule has 92 valence electrons. The molecule has 2 aromatic rings. The zero-order valence-corrected chi connectivity index (χ0v) is 11.0. The Balaban J connectivity index is 2.39. The Kier molecular flexibility index (Phi) is 3.25. The van der Waals surface area contributed by atoms with Crippen molar-refractivity contribution >= 4 is 17.2 Å². The number of nitrogens with zero attached hydrogens (tertiary/aromatic N) is 1. The first-order valence-corrected chi connectivity index (χ1v) is 6.04. The van der Waals surface area contributed by atoms with Gasteiger partial charge in [0.15, 0.2) is 6.29 Å². The minimum atomic E-state index is 0.0104. The number of aldehydes is 1. The summed E-state index contributed by atoms with van der Waals surface area (Å²) in [4.78, 5) is 11.1. The number of para-hydroxylation sites is 1. The number of carbonyl (C=O) groups excluding carboxylic acids is 1. The van der Waals surface area contributed by atoms with Crippen molar-refractivity contribution in [3.8, 4) is 11.8 Å². The summed E-state index contributed by atoms with van der Waals surface area (Å²) >= 11 is 0. The summed E-state index contributed by atoms with van der Waals surface area (Å²) < 4.78 is 2.03. The van der Waals surface area contributed by atoms with Crippen molar-refractivity contribution in [3.05, 3.63) is 36.0 Å². The molecule has 0 saturated carbocycles. The lowest BCUT2D eigenvalue weighted by molar-refractivity contribution is 0.112. The Bertz CT molecular complexity index is 632. The molecule has 0 aliphatic carbocycles. The van der Waals surface area contributed by atoms with Crippen LogP contribution >= 0.6 is 0 Å². The minimum Gasteiger partial charge on any atom is -0.335 e. The molecule has 0 radical (unpaired) electrons. The van der Waals surface area contributed by atoms with Gasteiger partial charge in [-0.25, -0.2) is 0 Å². The highest BCUT2D eigenvalue weighted by atomic mass is 16.1. The van der Waals surface area contributed by atoms with Gasteiger partial charge in [0.2, 0.25) is 0 Å². The Morgan fingerprint density at radius 3 is 2.72 bits per heavy atom. The molecule has 1 aromatic heterocycles. The summed E-state index contributed by atoms with van der Waals surface area (Å²) in [5, 5.41) is 1.08. The van der Waals surface area contributed by atoms with Gasteiger partial charge < -0.3 is 4.57 Å². The van der Waals surface area contributed by atoms with E-state index in [1.807, 2.05) is 35.0 Å². The fraction of sp³-hybridized carbons (Fsp3) is 0.312. The average molecular weight is 239 g/mol. The molecule has 2 heteroatoms. The summed E-state index contributed by atoms with van der Waals surface area (Å²) in [5.41, 5.74) is 1.70. The first-order valence-electron chi connectivity index (χ1n) is 6.04. The quantitative estimate of drug-likeness (QED) is 0.580. The number of aromatic nitrogens is 1. The minimum absolute atomic E-state index is 0.0104. The third-order valence-corrected chi connectivity index (χ3v) is 2.66. The molecule has 0 bridgehead atoms. The molecule has 0 unspecified atom stereocenters. The molecule has 0 aliphatic rings. The Hall–Kier alpha value is -2.01. The third kappa shape index (κ3) is 2.62. The largest absolute Gasteiger partial charge is 0.335 e. The van der Waals surface area contributed by atoms with Crippen LogP contribution in [0.1, 0.15) is 31.1 Å². The van der Waals surface area contributed by atoms with Crippen LogP contribution < -0.4 is 0 Å². The maximum atomic E-state index is 11.1. The van der Waals surface area contributed by atoms with Gasteiger partial charge >= 0.3 is 0 Å². The van der Waals surface area contributed by atoms with E-state index in [0.29, 0.717) is 6.54 Å². The fourth-order valence-corrected chi connectivity index (χ4v) is 1.91. The van der Waals surface area contributed by atoms with Crippen molar-refractivity contribution in [2.75, 3.05) is 0 Å². The van der Waals surface area contributed by atoms with E-state index in [1.165, 1.54) is 0 Å². The molecule has 0 saturated heterocycles. The van der Waals surface area contributed by atoms with Gasteiger partial charge in [-0.3, -0.25) is 4.79 Å². The van der Waals surface area contributed by atoms with Crippen LogP contribution in [0.25, 0.3) is 10.9 Å². The summed E-state index contributed by atoms with van der Waals surface area (Å²) in [6.45, 7) is 6.88. The van der Waals surface area contributed by atoms with E-state index < -0.39 is 0 Å². The van der Waals surface area contributed by atoms with Gasteiger partial charge in [-0.15, -0.1) is 0 Å². The fourth-order valence-electron chi connectivity index (χ4n) is 1.91. The van der Waals surface area contributed by atoms with Crippen molar-refractivity contribution in [1.29, 1.82) is 0 Å².